The predicted molar refractivity (Wildman–Crippen MR) is 98.4 cm³/mol. The van der Waals surface area contributed by atoms with Crippen LogP contribution in [0.3, 0.4) is 0 Å². The fraction of sp³-hybridized carbons (Fsp3) is 0.550. The lowest BCUT2D eigenvalue weighted by Crippen LogP contribution is -2.37. The zero-order chi connectivity index (χ0) is 18.1. The largest absolute Gasteiger partial charge is 0.479 e. The number of hydrogen-bond acceptors (Lipinski definition) is 5. The first kappa shape index (κ1) is 19.5. The minimum Gasteiger partial charge on any atom is -0.479 e. The Balaban J connectivity index is 1.98. The fourth-order valence-electron chi connectivity index (χ4n) is 3.00. The monoisotopic (exact) mass is 344 g/mol. The van der Waals surface area contributed by atoms with Crippen molar-refractivity contribution in [2.75, 3.05) is 46.1 Å². The second-order valence-corrected chi connectivity index (χ2v) is 6.48. The van der Waals surface area contributed by atoms with Crippen LogP contribution in [-0.2, 0) is 4.74 Å². The van der Waals surface area contributed by atoms with Gasteiger partial charge in [-0.2, -0.15) is 5.26 Å². The molecule has 0 saturated carbocycles. The van der Waals surface area contributed by atoms with Gasteiger partial charge in [0.25, 0.3) is 0 Å². The highest BCUT2D eigenvalue weighted by molar-refractivity contribution is 5.58. The second kappa shape index (κ2) is 10.2. The first-order chi connectivity index (χ1) is 12.1. The molecule has 1 aliphatic rings. The van der Waals surface area contributed by atoms with E-state index in [0.717, 1.165) is 50.4 Å². The molecule has 136 valence electrons. The summed E-state index contributed by atoms with van der Waals surface area (Å²) in [5.74, 6) is 0.872. The summed E-state index contributed by atoms with van der Waals surface area (Å²) in [7, 11) is 0. The number of morpholine rings is 1. The molecule has 0 aromatic heterocycles. The minimum absolute atomic E-state index is 0.0573. The van der Waals surface area contributed by atoms with Crippen molar-refractivity contribution in [3.05, 3.63) is 34.9 Å². The van der Waals surface area contributed by atoms with Crippen LogP contribution >= 0.6 is 0 Å². The highest BCUT2D eigenvalue weighted by Gasteiger charge is 2.15. The van der Waals surface area contributed by atoms with Crippen molar-refractivity contribution in [3.63, 3.8) is 0 Å². The first-order valence-corrected chi connectivity index (χ1v) is 8.83. The number of aliphatic hydroxyl groups is 1. The van der Waals surface area contributed by atoms with Gasteiger partial charge >= 0.3 is 0 Å². The van der Waals surface area contributed by atoms with Crippen LogP contribution in [0, 0.1) is 24.2 Å². The van der Waals surface area contributed by atoms with E-state index in [-0.39, 0.29) is 19.1 Å². The molecule has 1 aromatic rings. The summed E-state index contributed by atoms with van der Waals surface area (Å²) < 4.78 is 10.7. The highest BCUT2D eigenvalue weighted by atomic mass is 16.5. The van der Waals surface area contributed by atoms with Gasteiger partial charge in [-0.05, 0) is 50.1 Å². The standard InChI is InChI=1S/C20H28N2O3/c1-16(19(15-23)5-7-22-8-11-24-12-9-22)13-18-3-4-20(14-17(18)2)25-10-6-21/h3-4,13-14,19,23H,5,7-12,15H2,1-2H3. The van der Waals surface area contributed by atoms with Gasteiger partial charge in [-0.15, -0.1) is 0 Å². The summed E-state index contributed by atoms with van der Waals surface area (Å²) in [5, 5.41) is 18.4. The predicted octanol–water partition coefficient (Wildman–Crippen LogP) is 2.63. The SMILES string of the molecule is CC(=Cc1ccc(OCC#N)cc1C)C(CO)CCN1CCOCC1. The average Bonchev–Trinajstić information content (AvgIpc) is 2.63. The number of benzene rings is 1. The molecule has 1 saturated heterocycles. The van der Waals surface area contributed by atoms with E-state index in [1.54, 1.807) is 0 Å². The Morgan fingerprint density at radius 2 is 2.20 bits per heavy atom. The van der Waals surface area contributed by atoms with Crippen molar-refractivity contribution < 1.29 is 14.6 Å². The van der Waals surface area contributed by atoms with Gasteiger partial charge in [0.05, 0.1) is 13.2 Å². The number of nitriles is 1. The van der Waals surface area contributed by atoms with Crippen molar-refractivity contribution in [3.8, 4) is 11.8 Å². The lowest BCUT2D eigenvalue weighted by atomic mass is 9.94. The maximum absolute atomic E-state index is 9.78. The molecule has 25 heavy (non-hydrogen) atoms. The smallest absolute Gasteiger partial charge is 0.174 e. The van der Waals surface area contributed by atoms with E-state index in [4.69, 9.17) is 14.7 Å². The quantitative estimate of drug-likeness (QED) is 0.785. The third-order valence-electron chi connectivity index (χ3n) is 4.69. The molecule has 1 aliphatic heterocycles. The molecule has 1 heterocycles. The Morgan fingerprint density at radius 1 is 1.44 bits per heavy atom. The summed E-state index contributed by atoms with van der Waals surface area (Å²) in [6.07, 6.45) is 3.09. The summed E-state index contributed by atoms with van der Waals surface area (Å²) in [5.41, 5.74) is 3.40. The zero-order valence-electron chi connectivity index (χ0n) is 15.2. The first-order valence-electron chi connectivity index (χ1n) is 8.83. The number of ether oxygens (including phenoxy) is 2. The van der Waals surface area contributed by atoms with Crippen LogP contribution in [-0.4, -0.2) is 56.1 Å². The van der Waals surface area contributed by atoms with Gasteiger partial charge in [0.1, 0.15) is 11.8 Å². The molecule has 2 rings (SSSR count). The molecule has 5 heteroatoms. The molecule has 1 fully saturated rings. The number of rotatable bonds is 8. The lowest BCUT2D eigenvalue weighted by Gasteiger charge is -2.28. The van der Waals surface area contributed by atoms with Crippen LogP contribution in [0.2, 0.25) is 0 Å². The third-order valence-corrected chi connectivity index (χ3v) is 4.69. The van der Waals surface area contributed by atoms with Crippen molar-refractivity contribution in [2.45, 2.75) is 20.3 Å². The lowest BCUT2D eigenvalue weighted by molar-refractivity contribution is 0.0349. The number of aryl methyl sites for hydroxylation is 1. The van der Waals surface area contributed by atoms with Crippen molar-refractivity contribution in [1.82, 2.24) is 4.90 Å². The van der Waals surface area contributed by atoms with Gasteiger partial charge in [-0.1, -0.05) is 17.7 Å². The highest BCUT2D eigenvalue weighted by Crippen LogP contribution is 2.23. The van der Waals surface area contributed by atoms with Crippen LogP contribution in [0.1, 0.15) is 24.5 Å². The Bertz CT molecular complexity index is 616. The molecule has 0 aliphatic carbocycles. The molecule has 1 N–H and O–H groups in total. The zero-order valence-corrected chi connectivity index (χ0v) is 15.2. The van der Waals surface area contributed by atoms with Gasteiger partial charge in [-0.25, -0.2) is 0 Å². The van der Waals surface area contributed by atoms with Gasteiger partial charge in [0, 0.05) is 25.6 Å². The van der Waals surface area contributed by atoms with Gasteiger partial charge < -0.3 is 14.6 Å². The molecule has 1 unspecified atom stereocenters. The number of nitrogens with zero attached hydrogens (tertiary/aromatic N) is 2. The van der Waals surface area contributed by atoms with E-state index in [9.17, 15) is 5.11 Å². The van der Waals surface area contributed by atoms with Crippen LogP contribution in [0.25, 0.3) is 6.08 Å². The molecule has 1 atom stereocenters. The third kappa shape index (κ3) is 6.17. The number of hydrogen-bond donors (Lipinski definition) is 1. The normalized spacial score (nSPS) is 17.1. The Hall–Kier alpha value is -1.87. The van der Waals surface area contributed by atoms with Crippen molar-refractivity contribution >= 4 is 6.08 Å². The summed E-state index contributed by atoms with van der Waals surface area (Å²) in [6.45, 7) is 8.88. The summed E-state index contributed by atoms with van der Waals surface area (Å²) in [4.78, 5) is 2.39. The van der Waals surface area contributed by atoms with Crippen LogP contribution in [0.4, 0.5) is 0 Å². The molecule has 5 nitrogen and oxygen atoms in total. The average molecular weight is 344 g/mol. The van der Waals surface area contributed by atoms with E-state index >= 15 is 0 Å². The van der Waals surface area contributed by atoms with E-state index in [1.807, 2.05) is 31.2 Å². The molecule has 1 aromatic carbocycles. The van der Waals surface area contributed by atoms with E-state index < -0.39 is 0 Å². The van der Waals surface area contributed by atoms with Gasteiger partial charge in [-0.3, -0.25) is 4.90 Å². The van der Waals surface area contributed by atoms with E-state index in [0.29, 0.717) is 5.75 Å². The second-order valence-electron chi connectivity index (χ2n) is 6.48. The van der Waals surface area contributed by atoms with Crippen LogP contribution in [0.15, 0.2) is 23.8 Å². The van der Waals surface area contributed by atoms with Gasteiger partial charge in [0.15, 0.2) is 6.61 Å². The Kier molecular flexibility index (Phi) is 7.93. The minimum atomic E-state index is 0.0573. The topological polar surface area (TPSA) is 65.7 Å². The molecule has 0 radical (unpaired) electrons. The summed E-state index contributed by atoms with van der Waals surface area (Å²) >= 11 is 0. The van der Waals surface area contributed by atoms with Crippen molar-refractivity contribution in [2.24, 2.45) is 5.92 Å². The maximum Gasteiger partial charge on any atom is 0.174 e. The van der Waals surface area contributed by atoms with E-state index in [2.05, 4.69) is 17.9 Å². The fourth-order valence-corrected chi connectivity index (χ4v) is 3.00. The Morgan fingerprint density at radius 3 is 2.84 bits per heavy atom. The molecular formula is C20H28N2O3. The van der Waals surface area contributed by atoms with Crippen molar-refractivity contribution in [1.29, 1.82) is 5.26 Å². The molecule has 0 amide bonds. The maximum atomic E-state index is 9.78. The van der Waals surface area contributed by atoms with E-state index in [1.165, 1.54) is 5.57 Å². The molecule has 0 spiro atoms. The molecular weight excluding hydrogens is 316 g/mol. The van der Waals surface area contributed by atoms with Crippen LogP contribution in [0.5, 0.6) is 5.75 Å². The number of aliphatic hydroxyl groups excluding tert-OH is 1. The van der Waals surface area contributed by atoms with Gasteiger partial charge in [0.2, 0.25) is 0 Å². The Labute approximate surface area is 150 Å². The van der Waals surface area contributed by atoms with Crippen LogP contribution < -0.4 is 4.74 Å². The summed E-state index contributed by atoms with van der Waals surface area (Å²) in [6, 6.07) is 7.80. The molecule has 0 bridgehead atoms.